The molecule has 14 heavy (non-hydrogen) atoms. The van der Waals surface area contributed by atoms with Crippen LogP contribution in [0.4, 0.5) is 5.69 Å². The van der Waals surface area contributed by atoms with Crippen molar-refractivity contribution in [3.63, 3.8) is 0 Å². The monoisotopic (exact) mass is 190 g/mol. The van der Waals surface area contributed by atoms with Gasteiger partial charge in [0.15, 0.2) is 0 Å². The lowest BCUT2D eigenvalue weighted by Crippen LogP contribution is -2.15. The Morgan fingerprint density at radius 2 is 2.29 bits per heavy atom. The van der Waals surface area contributed by atoms with Gasteiger partial charge >= 0.3 is 0 Å². The average Bonchev–Trinajstić information content (AvgIpc) is 2.56. The second-order valence-corrected chi connectivity index (χ2v) is 4.14. The van der Waals surface area contributed by atoms with Crippen LogP contribution >= 0.6 is 0 Å². The van der Waals surface area contributed by atoms with Gasteiger partial charge in [0.05, 0.1) is 0 Å². The van der Waals surface area contributed by atoms with Gasteiger partial charge in [0.25, 0.3) is 0 Å². The van der Waals surface area contributed by atoms with Crippen LogP contribution in [0.2, 0.25) is 0 Å². The first-order valence-electron chi connectivity index (χ1n) is 5.28. The van der Waals surface area contributed by atoms with E-state index >= 15 is 0 Å². The van der Waals surface area contributed by atoms with E-state index in [2.05, 4.69) is 42.7 Å². The highest BCUT2D eigenvalue weighted by Gasteiger charge is 2.20. The van der Waals surface area contributed by atoms with Gasteiger partial charge in [-0.25, -0.2) is 0 Å². The van der Waals surface area contributed by atoms with Crippen molar-refractivity contribution < 1.29 is 0 Å². The molecule has 0 aromatic heterocycles. The SMILES string of the molecule is CNC(C)c1cccc2c1NC(C)C2. The Bertz CT molecular complexity index is 333. The van der Waals surface area contributed by atoms with Crippen LogP contribution in [0, 0.1) is 0 Å². The highest BCUT2D eigenvalue weighted by Crippen LogP contribution is 2.32. The number of para-hydroxylation sites is 1. The van der Waals surface area contributed by atoms with Crippen molar-refractivity contribution >= 4 is 5.69 Å². The van der Waals surface area contributed by atoms with Gasteiger partial charge in [-0.3, -0.25) is 0 Å². The summed E-state index contributed by atoms with van der Waals surface area (Å²) in [7, 11) is 2.00. The quantitative estimate of drug-likeness (QED) is 0.748. The number of rotatable bonds is 2. The van der Waals surface area contributed by atoms with E-state index in [9.17, 15) is 0 Å². The molecule has 1 heterocycles. The second-order valence-electron chi connectivity index (χ2n) is 4.14. The maximum atomic E-state index is 3.54. The molecule has 0 aliphatic carbocycles. The molecule has 1 aliphatic heterocycles. The van der Waals surface area contributed by atoms with E-state index in [0.717, 1.165) is 6.42 Å². The zero-order chi connectivity index (χ0) is 10.1. The fraction of sp³-hybridized carbons (Fsp3) is 0.500. The first-order valence-corrected chi connectivity index (χ1v) is 5.28. The minimum atomic E-state index is 0.419. The van der Waals surface area contributed by atoms with Gasteiger partial charge in [-0.2, -0.15) is 0 Å². The van der Waals surface area contributed by atoms with E-state index in [0.29, 0.717) is 12.1 Å². The molecule has 2 nitrogen and oxygen atoms in total. The predicted molar refractivity (Wildman–Crippen MR) is 60.7 cm³/mol. The maximum absolute atomic E-state index is 3.54. The van der Waals surface area contributed by atoms with Crippen molar-refractivity contribution in [2.24, 2.45) is 0 Å². The van der Waals surface area contributed by atoms with Crippen LogP contribution in [0.25, 0.3) is 0 Å². The lowest BCUT2D eigenvalue weighted by Gasteiger charge is -2.15. The first-order chi connectivity index (χ1) is 6.72. The maximum Gasteiger partial charge on any atom is 0.0424 e. The standard InChI is InChI=1S/C12H18N2/c1-8-7-10-5-4-6-11(9(2)13-3)12(10)14-8/h4-6,8-9,13-14H,7H2,1-3H3. The summed E-state index contributed by atoms with van der Waals surface area (Å²) < 4.78 is 0. The molecule has 1 aromatic carbocycles. The predicted octanol–water partition coefficient (Wildman–Crippen LogP) is 2.32. The molecular weight excluding hydrogens is 172 g/mol. The highest BCUT2D eigenvalue weighted by atomic mass is 15.0. The van der Waals surface area contributed by atoms with Crippen molar-refractivity contribution in [1.82, 2.24) is 5.32 Å². The zero-order valence-corrected chi connectivity index (χ0v) is 9.09. The molecule has 1 aromatic rings. The Hall–Kier alpha value is -1.02. The minimum Gasteiger partial charge on any atom is -0.382 e. The molecular formula is C12H18N2. The first kappa shape index (κ1) is 9.53. The summed E-state index contributed by atoms with van der Waals surface area (Å²) in [5.41, 5.74) is 4.19. The van der Waals surface area contributed by atoms with Crippen molar-refractivity contribution in [2.45, 2.75) is 32.4 Å². The van der Waals surface area contributed by atoms with Gasteiger partial charge < -0.3 is 10.6 Å². The molecule has 76 valence electrons. The minimum absolute atomic E-state index is 0.419. The second kappa shape index (κ2) is 3.62. The molecule has 0 saturated carbocycles. The molecule has 2 atom stereocenters. The van der Waals surface area contributed by atoms with Crippen molar-refractivity contribution in [3.8, 4) is 0 Å². The molecule has 0 radical (unpaired) electrons. The van der Waals surface area contributed by atoms with Gasteiger partial charge in [0, 0.05) is 17.8 Å². The zero-order valence-electron chi connectivity index (χ0n) is 9.09. The van der Waals surface area contributed by atoms with Crippen LogP contribution < -0.4 is 10.6 Å². The summed E-state index contributed by atoms with van der Waals surface area (Å²) in [5, 5.41) is 6.83. The third-order valence-electron chi connectivity index (χ3n) is 3.00. The lowest BCUT2D eigenvalue weighted by molar-refractivity contribution is 0.653. The van der Waals surface area contributed by atoms with E-state index in [1.54, 1.807) is 0 Å². The molecule has 0 amide bonds. The van der Waals surface area contributed by atoms with Crippen molar-refractivity contribution in [3.05, 3.63) is 29.3 Å². The number of hydrogen-bond acceptors (Lipinski definition) is 2. The number of benzene rings is 1. The van der Waals surface area contributed by atoms with Crippen molar-refractivity contribution in [1.29, 1.82) is 0 Å². The Labute approximate surface area is 85.7 Å². The smallest absolute Gasteiger partial charge is 0.0424 e. The third-order valence-corrected chi connectivity index (χ3v) is 3.00. The van der Waals surface area contributed by atoms with Gasteiger partial charge in [0.1, 0.15) is 0 Å². The van der Waals surface area contributed by atoms with Crippen LogP contribution in [0.3, 0.4) is 0 Å². The third kappa shape index (κ3) is 1.50. The summed E-state index contributed by atoms with van der Waals surface area (Å²) >= 11 is 0. The molecule has 2 N–H and O–H groups in total. The Morgan fingerprint density at radius 1 is 1.50 bits per heavy atom. The van der Waals surface area contributed by atoms with E-state index in [1.807, 2.05) is 7.05 Å². The van der Waals surface area contributed by atoms with E-state index < -0.39 is 0 Å². The number of anilines is 1. The Kier molecular flexibility index (Phi) is 2.46. The highest BCUT2D eigenvalue weighted by molar-refractivity contribution is 5.63. The number of fused-ring (bicyclic) bond motifs is 1. The molecule has 2 rings (SSSR count). The largest absolute Gasteiger partial charge is 0.382 e. The summed E-state index contributed by atoms with van der Waals surface area (Å²) in [5.74, 6) is 0. The summed E-state index contributed by atoms with van der Waals surface area (Å²) in [6, 6.07) is 7.57. The summed E-state index contributed by atoms with van der Waals surface area (Å²) in [6.45, 7) is 4.42. The fourth-order valence-corrected chi connectivity index (χ4v) is 2.11. The summed E-state index contributed by atoms with van der Waals surface area (Å²) in [6.07, 6.45) is 1.15. The molecule has 2 unspecified atom stereocenters. The topological polar surface area (TPSA) is 24.1 Å². The molecule has 0 spiro atoms. The summed E-state index contributed by atoms with van der Waals surface area (Å²) in [4.78, 5) is 0. The molecule has 0 bridgehead atoms. The molecule has 0 saturated heterocycles. The van der Waals surface area contributed by atoms with E-state index in [-0.39, 0.29) is 0 Å². The van der Waals surface area contributed by atoms with E-state index in [4.69, 9.17) is 0 Å². The van der Waals surface area contributed by atoms with Crippen LogP contribution in [0.1, 0.15) is 31.0 Å². The van der Waals surface area contributed by atoms with Crippen LogP contribution in [-0.2, 0) is 6.42 Å². The Balaban J connectivity index is 2.39. The lowest BCUT2D eigenvalue weighted by atomic mass is 10.0. The van der Waals surface area contributed by atoms with Gasteiger partial charge in [0.2, 0.25) is 0 Å². The normalized spacial score (nSPS) is 21.5. The van der Waals surface area contributed by atoms with Gasteiger partial charge in [-0.05, 0) is 38.4 Å². The van der Waals surface area contributed by atoms with Crippen LogP contribution in [0.5, 0.6) is 0 Å². The van der Waals surface area contributed by atoms with Crippen LogP contribution in [0.15, 0.2) is 18.2 Å². The van der Waals surface area contributed by atoms with Gasteiger partial charge in [-0.1, -0.05) is 18.2 Å². The van der Waals surface area contributed by atoms with Crippen molar-refractivity contribution in [2.75, 3.05) is 12.4 Å². The molecule has 2 heteroatoms. The van der Waals surface area contributed by atoms with Gasteiger partial charge in [-0.15, -0.1) is 0 Å². The molecule has 0 fully saturated rings. The Morgan fingerprint density at radius 3 is 3.00 bits per heavy atom. The number of hydrogen-bond donors (Lipinski definition) is 2. The van der Waals surface area contributed by atoms with Crippen LogP contribution in [-0.4, -0.2) is 13.1 Å². The van der Waals surface area contributed by atoms with E-state index in [1.165, 1.54) is 16.8 Å². The molecule has 1 aliphatic rings. The fourth-order valence-electron chi connectivity index (χ4n) is 2.11. The average molecular weight is 190 g/mol. The number of nitrogens with one attached hydrogen (secondary N) is 2.